The smallest absolute Gasteiger partial charge is 0.151 e. The second-order valence-electron chi connectivity index (χ2n) is 6.35. The molecule has 0 bridgehead atoms. The van der Waals surface area contributed by atoms with E-state index < -0.39 is 9.84 Å². The minimum Gasteiger partial charge on any atom is -0.393 e. The summed E-state index contributed by atoms with van der Waals surface area (Å²) in [5.74, 6) is 0.855. The number of piperidine rings is 1. The number of hydrogen-bond donors (Lipinski definition) is 1. The normalized spacial score (nSPS) is 33.2. The summed E-state index contributed by atoms with van der Waals surface area (Å²) in [5, 5.41) is 10.3. The number of aliphatic hydroxyl groups excluding tert-OH is 1. The first-order valence-electron chi connectivity index (χ1n) is 8.16. The highest BCUT2D eigenvalue weighted by Gasteiger charge is 2.35. The van der Waals surface area contributed by atoms with Crippen LogP contribution < -0.4 is 0 Å². The molecular weight excluding hydrogens is 274 g/mol. The number of aliphatic hydroxyl groups is 1. The van der Waals surface area contributed by atoms with E-state index in [0.29, 0.717) is 18.5 Å². The van der Waals surface area contributed by atoms with Gasteiger partial charge in [0.15, 0.2) is 9.84 Å². The van der Waals surface area contributed by atoms with Gasteiger partial charge in [0.2, 0.25) is 0 Å². The van der Waals surface area contributed by atoms with Gasteiger partial charge in [-0.3, -0.25) is 4.90 Å². The molecule has 118 valence electrons. The Balaban J connectivity index is 1.97. The van der Waals surface area contributed by atoms with Crippen LogP contribution >= 0.6 is 0 Å². The molecule has 20 heavy (non-hydrogen) atoms. The van der Waals surface area contributed by atoms with Crippen LogP contribution in [0.25, 0.3) is 0 Å². The molecule has 0 aromatic rings. The third-order valence-corrected chi connectivity index (χ3v) is 6.75. The highest BCUT2D eigenvalue weighted by molar-refractivity contribution is 7.91. The van der Waals surface area contributed by atoms with E-state index in [9.17, 15) is 13.5 Å². The topological polar surface area (TPSA) is 57.6 Å². The number of hydrogen-bond acceptors (Lipinski definition) is 4. The molecule has 0 aromatic carbocycles. The molecule has 1 saturated carbocycles. The summed E-state index contributed by atoms with van der Waals surface area (Å²) in [6.45, 7) is 3.35. The number of nitrogens with zero attached hydrogens (tertiary/aromatic N) is 1. The molecule has 5 heteroatoms. The maximum atomic E-state index is 11.7. The van der Waals surface area contributed by atoms with Crippen molar-refractivity contribution in [2.75, 3.05) is 24.6 Å². The molecule has 0 amide bonds. The zero-order valence-electron chi connectivity index (χ0n) is 12.6. The Bertz CT molecular complexity index is 396. The number of sulfone groups is 1. The summed E-state index contributed by atoms with van der Waals surface area (Å²) >= 11 is 0. The Morgan fingerprint density at radius 1 is 1.10 bits per heavy atom. The first-order chi connectivity index (χ1) is 9.53. The Hall–Kier alpha value is -0.130. The maximum Gasteiger partial charge on any atom is 0.151 e. The van der Waals surface area contributed by atoms with Gasteiger partial charge in [-0.05, 0) is 32.2 Å². The van der Waals surface area contributed by atoms with Gasteiger partial charge in [0.1, 0.15) is 0 Å². The molecule has 0 radical (unpaired) electrons. The van der Waals surface area contributed by atoms with Gasteiger partial charge >= 0.3 is 0 Å². The average Bonchev–Trinajstić information content (AvgIpc) is 2.46. The van der Waals surface area contributed by atoms with Crippen LogP contribution in [0.4, 0.5) is 0 Å². The predicted molar refractivity (Wildman–Crippen MR) is 81.5 cm³/mol. The summed E-state index contributed by atoms with van der Waals surface area (Å²) in [6.07, 6.45) is 7.67. The van der Waals surface area contributed by atoms with Crippen molar-refractivity contribution in [1.82, 2.24) is 4.90 Å². The predicted octanol–water partition coefficient (Wildman–Crippen LogP) is 1.83. The fourth-order valence-corrected chi connectivity index (χ4v) is 4.57. The van der Waals surface area contributed by atoms with E-state index in [1.807, 2.05) is 0 Å². The number of likely N-dealkylation sites (tertiary alicyclic amines) is 1. The van der Waals surface area contributed by atoms with Gasteiger partial charge in [0, 0.05) is 24.3 Å². The first kappa shape index (κ1) is 16.2. The van der Waals surface area contributed by atoms with Crippen molar-refractivity contribution in [3.8, 4) is 0 Å². The SMILES string of the molecule is CCS(=O)(=O)CCN1CCCCC1C1CCCCC1O. The van der Waals surface area contributed by atoms with Crippen molar-refractivity contribution in [3.63, 3.8) is 0 Å². The summed E-state index contributed by atoms with van der Waals surface area (Å²) in [7, 11) is -2.89. The second-order valence-corrected chi connectivity index (χ2v) is 8.82. The minimum absolute atomic E-state index is 0.183. The van der Waals surface area contributed by atoms with E-state index in [-0.39, 0.29) is 17.6 Å². The van der Waals surface area contributed by atoms with Crippen molar-refractivity contribution in [2.24, 2.45) is 5.92 Å². The fourth-order valence-electron chi connectivity index (χ4n) is 3.77. The van der Waals surface area contributed by atoms with Crippen LogP contribution in [0, 0.1) is 5.92 Å². The molecule has 1 saturated heterocycles. The highest BCUT2D eigenvalue weighted by Crippen LogP contribution is 2.33. The Kier molecular flexibility index (Phi) is 5.87. The molecular formula is C15H29NO3S. The van der Waals surface area contributed by atoms with E-state index in [1.165, 1.54) is 12.8 Å². The second kappa shape index (κ2) is 7.23. The lowest BCUT2D eigenvalue weighted by Gasteiger charge is -2.43. The van der Waals surface area contributed by atoms with E-state index in [0.717, 1.165) is 38.6 Å². The van der Waals surface area contributed by atoms with Crippen LogP contribution in [0.3, 0.4) is 0 Å². The molecule has 4 nitrogen and oxygen atoms in total. The van der Waals surface area contributed by atoms with E-state index in [1.54, 1.807) is 6.92 Å². The summed E-state index contributed by atoms with van der Waals surface area (Å²) in [6, 6.07) is 0.395. The molecule has 1 N–H and O–H groups in total. The van der Waals surface area contributed by atoms with Crippen LogP contribution in [0.5, 0.6) is 0 Å². The van der Waals surface area contributed by atoms with Gasteiger partial charge < -0.3 is 5.11 Å². The summed E-state index contributed by atoms with van der Waals surface area (Å²) in [4.78, 5) is 2.34. The van der Waals surface area contributed by atoms with Gasteiger partial charge in [-0.25, -0.2) is 8.42 Å². The quantitative estimate of drug-likeness (QED) is 0.842. The lowest BCUT2D eigenvalue weighted by Crippen LogP contribution is -2.50. The maximum absolute atomic E-state index is 11.7. The first-order valence-corrected chi connectivity index (χ1v) is 9.98. The largest absolute Gasteiger partial charge is 0.393 e. The van der Waals surface area contributed by atoms with Crippen molar-refractivity contribution in [3.05, 3.63) is 0 Å². The van der Waals surface area contributed by atoms with Gasteiger partial charge in [0.25, 0.3) is 0 Å². The van der Waals surface area contributed by atoms with Crippen molar-refractivity contribution >= 4 is 9.84 Å². The molecule has 2 rings (SSSR count). The molecule has 2 fully saturated rings. The lowest BCUT2D eigenvalue weighted by molar-refractivity contribution is -0.00331. The van der Waals surface area contributed by atoms with Crippen LogP contribution in [0.1, 0.15) is 51.9 Å². The van der Waals surface area contributed by atoms with Gasteiger partial charge in [-0.2, -0.15) is 0 Å². The molecule has 0 spiro atoms. The molecule has 2 aliphatic rings. The minimum atomic E-state index is -2.89. The molecule has 1 aliphatic carbocycles. The zero-order valence-corrected chi connectivity index (χ0v) is 13.4. The van der Waals surface area contributed by atoms with E-state index in [2.05, 4.69) is 4.90 Å². The molecule has 0 aromatic heterocycles. The summed E-state index contributed by atoms with van der Waals surface area (Å²) < 4.78 is 23.4. The van der Waals surface area contributed by atoms with Gasteiger partial charge in [-0.1, -0.05) is 26.2 Å². The Labute approximate surface area is 123 Å². The van der Waals surface area contributed by atoms with Crippen LogP contribution in [0.15, 0.2) is 0 Å². The fraction of sp³-hybridized carbons (Fsp3) is 1.00. The molecule has 1 heterocycles. The third kappa shape index (κ3) is 4.18. The lowest BCUT2D eigenvalue weighted by atomic mass is 9.78. The summed E-state index contributed by atoms with van der Waals surface area (Å²) in [5.41, 5.74) is 0. The molecule has 1 aliphatic heterocycles. The number of rotatable bonds is 5. The van der Waals surface area contributed by atoms with Crippen molar-refractivity contribution in [2.45, 2.75) is 64.0 Å². The average molecular weight is 303 g/mol. The molecule has 3 atom stereocenters. The highest BCUT2D eigenvalue weighted by atomic mass is 32.2. The monoisotopic (exact) mass is 303 g/mol. The zero-order chi connectivity index (χ0) is 14.6. The van der Waals surface area contributed by atoms with E-state index >= 15 is 0 Å². The van der Waals surface area contributed by atoms with E-state index in [4.69, 9.17) is 0 Å². The standard InChI is InChI=1S/C15H29NO3S/c1-2-20(18,19)12-11-16-10-6-5-8-14(16)13-7-3-4-9-15(13)17/h13-15,17H,2-12H2,1H3. The van der Waals surface area contributed by atoms with Crippen molar-refractivity contribution in [1.29, 1.82) is 0 Å². The van der Waals surface area contributed by atoms with Crippen molar-refractivity contribution < 1.29 is 13.5 Å². The van der Waals surface area contributed by atoms with Crippen LogP contribution in [0.2, 0.25) is 0 Å². The third-order valence-electron chi connectivity index (χ3n) is 5.07. The Morgan fingerprint density at radius 3 is 2.50 bits per heavy atom. The molecule has 3 unspecified atom stereocenters. The van der Waals surface area contributed by atoms with Crippen LogP contribution in [-0.4, -0.2) is 55.2 Å². The van der Waals surface area contributed by atoms with Gasteiger partial charge in [-0.15, -0.1) is 0 Å². The van der Waals surface area contributed by atoms with Crippen LogP contribution in [-0.2, 0) is 9.84 Å². The van der Waals surface area contributed by atoms with Gasteiger partial charge in [0.05, 0.1) is 11.9 Å². The Morgan fingerprint density at radius 2 is 1.80 bits per heavy atom.